The van der Waals surface area contributed by atoms with Crippen LogP contribution in [0.2, 0.25) is 5.02 Å². The molecule has 0 aliphatic carbocycles. The van der Waals surface area contributed by atoms with Gasteiger partial charge < -0.3 is 17.0 Å². The summed E-state index contributed by atoms with van der Waals surface area (Å²) in [4.78, 5) is 11.2. The molecule has 0 heterocycles. The van der Waals surface area contributed by atoms with Crippen LogP contribution in [0.4, 0.5) is 0 Å². The summed E-state index contributed by atoms with van der Waals surface area (Å²) in [5, 5.41) is 1.33. The maximum Gasteiger partial charge on any atom is -1.00 e. The third kappa shape index (κ3) is 12.6. The van der Waals surface area contributed by atoms with E-state index < -0.39 is 0 Å². The molecule has 0 atom stereocenters. The molecule has 0 bridgehead atoms. The van der Waals surface area contributed by atoms with Crippen molar-refractivity contribution in [1.29, 1.82) is 0 Å². The molecule has 14 heavy (non-hydrogen) atoms. The average molecular weight is 317 g/mol. The Kier molecular flexibility index (Phi) is 10.7. The minimum absolute atomic E-state index is 0. The SMILES string of the molecule is CC(C)(C)OC(=O)CCCC[CH2][Zn+].[Br-]. The number of esters is 1. The van der Waals surface area contributed by atoms with Crippen LogP contribution in [0.5, 0.6) is 0 Å². The maximum atomic E-state index is 11.2. The van der Waals surface area contributed by atoms with Crippen molar-refractivity contribution in [2.75, 3.05) is 0 Å². The second-order valence-electron chi connectivity index (χ2n) is 4.25. The average Bonchev–Trinajstić information content (AvgIpc) is 1.94. The molecule has 0 aromatic carbocycles. The monoisotopic (exact) mass is 314 g/mol. The van der Waals surface area contributed by atoms with Gasteiger partial charge >= 0.3 is 90.9 Å². The van der Waals surface area contributed by atoms with Gasteiger partial charge in [0.15, 0.2) is 0 Å². The van der Waals surface area contributed by atoms with E-state index in [-0.39, 0.29) is 28.6 Å². The van der Waals surface area contributed by atoms with Crippen molar-refractivity contribution < 1.29 is 44.8 Å². The Hall–Kier alpha value is 0.573. The van der Waals surface area contributed by atoms with Gasteiger partial charge in [-0.2, -0.15) is 0 Å². The van der Waals surface area contributed by atoms with Gasteiger partial charge in [0.2, 0.25) is 0 Å². The Bertz CT molecular complexity index is 155. The summed E-state index contributed by atoms with van der Waals surface area (Å²) in [6.45, 7) is 5.71. The van der Waals surface area contributed by atoms with Gasteiger partial charge in [-0.15, -0.1) is 0 Å². The van der Waals surface area contributed by atoms with Crippen LogP contribution in [-0.4, -0.2) is 11.6 Å². The minimum atomic E-state index is -0.325. The number of carbonyl (C=O) groups excluding carboxylic acids is 1. The van der Waals surface area contributed by atoms with Gasteiger partial charge in [0.1, 0.15) is 0 Å². The molecule has 0 radical (unpaired) electrons. The Labute approximate surface area is 108 Å². The van der Waals surface area contributed by atoms with E-state index in [4.69, 9.17) is 4.74 Å². The smallest absolute Gasteiger partial charge is 1.00 e. The van der Waals surface area contributed by atoms with E-state index >= 15 is 0 Å². The number of ether oxygens (including phenoxy) is 1. The molecule has 0 rings (SSSR count). The predicted octanol–water partition coefficient (Wildman–Crippen LogP) is -0.142. The van der Waals surface area contributed by atoms with Crippen LogP contribution in [0, 0.1) is 0 Å². The first-order chi connectivity index (χ1) is 5.95. The molecule has 0 spiro atoms. The van der Waals surface area contributed by atoms with E-state index in [2.05, 4.69) is 0 Å². The van der Waals surface area contributed by atoms with Gasteiger partial charge in [-0.3, -0.25) is 0 Å². The van der Waals surface area contributed by atoms with Crippen LogP contribution in [-0.2, 0) is 27.8 Å². The van der Waals surface area contributed by atoms with E-state index in [1.54, 1.807) is 0 Å². The third-order valence-corrected chi connectivity index (χ3v) is 2.60. The number of hydrogen-bond donors (Lipinski definition) is 0. The Morgan fingerprint density at radius 2 is 1.79 bits per heavy atom. The summed E-state index contributed by atoms with van der Waals surface area (Å²) < 4.78 is 5.19. The fourth-order valence-electron chi connectivity index (χ4n) is 1.02. The molecule has 0 aromatic heterocycles. The summed E-state index contributed by atoms with van der Waals surface area (Å²) in [6, 6.07) is 0. The Morgan fingerprint density at radius 1 is 1.21 bits per heavy atom. The third-order valence-electron chi connectivity index (χ3n) is 1.55. The zero-order valence-corrected chi connectivity index (χ0v) is 14.0. The van der Waals surface area contributed by atoms with Crippen molar-refractivity contribution in [1.82, 2.24) is 0 Å². The molecule has 0 saturated heterocycles. The normalized spacial score (nSPS) is 10.6. The molecule has 0 unspecified atom stereocenters. The standard InChI is InChI=1S/C10H19O2.BrH.Zn/c1-5-6-7-8-9(11)12-10(2,3)4;;/h1,5-8H2,2-4H3;1H;/q;;+1/p-1. The van der Waals surface area contributed by atoms with Crippen molar-refractivity contribution in [3.05, 3.63) is 0 Å². The van der Waals surface area contributed by atoms with Gasteiger partial charge in [-0.05, 0) is 0 Å². The molecular formula is C10H19BrO2Zn. The Morgan fingerprint density at radius 3 is 2.21 bits per heavy atom. The topological polar surface area (TPSA) is 26.3 Å². The van der Waals surface area contributed by atoms with Crippen LogP contribution >= 0.6 is 0 Å². The van der Waals surface area contributed by atoms with Crippen molar-refractivity contribution in [2.24, 2.45) is 0 Å². The fraction of sp³-hybridized carbons (Fsp3) is 0.900. The van der Waals surface area contributed by atoms with Crippen molar-refractivity contribution in [3.8, 4) is 0 Å². The maximum absolute atomic E-state index is 11.2. The van der Waals surface area contributed by atoms with Gasteiger partial charge in [0.25, 0.3) is 0 Å². The first kappa shape index (κ1) is 17.0. The molecule has 0 aliphatic heterocycles. The summed E-state index contributed by atoms with van der Waals surface area (Å²) in [7, 11) is 0. The zero-order chi connectivity index (χ0) is 10.3. The molecule has 2 nitrogen and oxygen atoms in total. The second-order valence-corrected chi connectivity index (χ2v) is 5.73. The van der Waals surface area contributed by atoms with E-state index in [0.717, 1.165) is 6.42 Å². The number of halogens is 1. The minimum Gasteiger partial charge on any atom is -1.00 e. The largest absolute Gasteiger partial charge is 1.00 e. The molecular weight excluding hydrogens is 297 g/mol. The van der Waals surface area contributed by atoms with E-state index in [1.165, 1.54) is 36.2 Å². The molecule has 80 valence electrons. The molecule has 4 heteroatoms. The van der Waals surface area contributed by atoms with Crippen LogP contribution in [0.15, 0.2) is 0 Å². The Balaban J connectivity index is 0. The summed E-state index contributed by atoms with van der Waals surface area (Å²) in [5.41, 5.74) is -0.325. The van der Waals surface area contributed by atoms with Crippen molar-refractivity contribution >= 4 is 5.97 Å². The van der Waals surface area contributed by atoms with Crippen LogP contribution in [0.1, 0.15) is 46.5 Å². The predicted molar refractivity (Wildman–Crippen MR) is 49.1 cm³/mol. The number of rotatable bonds is 5. The molecule has 0 saturated carbocycles. The molecule has 0 aliphatic rings. The van der Waals surface area contributed by atoms with Gasteiger partial charge in [-0.25, -0.2) is 0 Å². The summed E-state index contributed by atoms with van der Waals surface area (Å²) >= 11 is 1.37. The van der Waals surface area contributed by atoms with Crippen molar-refractivity contribution in [3.63, 3.8) is 0 Å². The number of hydrogen-bond acceptors (Lipinski definition) is 2. The molecule has 0 aromatic rings. The zero-order valence-electron chi connectivity index (χ0n) is 9.44. The molecule has 0 fully saturated rings. The molecule has 0 N–H and O–H groups in total. The van der Waals surface area contributed by atoms with E-state index in [9.17, 15) is 4.79 Å². The second kappa shape index (κ2) is 8.85. The van der Waals surface area contributed by atoms with E-state index in [1.807, 2.05) is 20.8 Å². The van der Waals surface area contributed by atoms with Crippen LogP contribution in [0.3, 0.4) is 0 Å². The van der Waals surface area contributed by atoms with Crippen LogP contribution < -0.4 is 17.0 Å². The summed E-state index contributed by atoms with van der Waals surface area (Å²) in [5.74, 6) is -0.0559. The first-order valence-electron chi connectivity index (χ1n) is 4.97. The quantitative estimate of drug-likeness (QED) is 0.401. The van der Waals surface area contributed by atoms with Gasteiger partial charge in [-0.1, -0.05) is 0 Å². The van der Waals surface area contributed by atoms with E-state index in [0.29, 0.717) is 6.42 Å². The number of unbranched alkanes of at least 4 members (excludes halogenated alkanes) is 2. The van der Waals surface area contributed by atoms with Gasteiger partial charge in [0.05, 0.1) is 0 Å². The number of carbonyl (C=O) groups is 1. The fourth-order valence-corrected chi connectivity index (χ4v) is 1.76. The van der Waals surface area contributed by atoms with Gasteiger partial charge in [0, 0.05) is 0 Å². The van der Waals surface area contributed by atoms with Crippen LogP contribution in [0.25, 0.3) is 0 Å². The molecule has 0 amide bonds. The van der Waals surface area contributed by atoms with Crippen molar-refractivity contribution in [2.45, 2.75) is 57.1 Å². The first-order valence-corrected chi connectivity index (χ1v) is 7.06. The summed E-state index contributed by atoms with van der Waals surface area (Å²) in [6.07, 6.45) is 3.99.